The van der Waals surface area contributed by atoms with Gasteiger partial charge in [0.2, 0.25) is 0 Å². The predicted molar refractivity (Wildman–Crippen MR) is 127 cm³/mol. The monoisotopic (exact) mass is 492 g/mol. The topological polar surface area (TPSA) is 0 Å². The van der Waals surface area contributed by atoms with E-state index in [1.807, 2.05) is 0 Å². The van der Waals surface area contributed by atoms with Crippen LogP contribution in [0.4, 0.5) is 25.2 Å². The normalized spacial score (nSPS) is 15.1. The molecule has 3 aromatic carbocycles. The number of halogens is 6. The molecule has 0 radical (unpaired) electrons. The summed E-state index contributed by atoms with van der Waals surface area (Å²) in [6.45, 7) is 2.28. The van der Waals surface area contributed by atoms with Gasteiger partial charge in [0.1, 0.15) is 5.16 Å². The predicted octanol–water partition coefficient (Wildman–Crippen LogP) is 9.89. The van der Waals surface area contributed by atoms with E-state index < -0.39 is 7.81 Å². The molecule has 0 saturated carbocycles. The van der Waals surface area contributed by atoms with Gasteiger partial charge in [0.25, 0.3) is 0 Å². The molecule has 32 heavy (non-hydrogen) atoms. The Morgan fingerprint density at radius 1 is 0.688 bits per heavy atom. The van der Waals surface area contributed by atoms with Crippen LogP contribution in [0.1, 0.15) is 48.8 Å². The van der Waals surface area contributed by atoms with Crippen molar-refractivity contribution < 1.29 is 25.2 Å². The molecule has 0 fully saturated rings. The zero-order valence-corrected chi connectivity index (χ0v) is 20.1. The van der Waals surface area contributed by atoms with Crippen LogP contribution in [0.3, 0.4) is 0 Å². The summed E-state index contributed by atoms with van der Waals surface area (Å²) in [5, 5.41) is -0.0148. The van der Waals surface area contributed by atoms with E-state index in [1.54, 1.807) is 0 Å². The van der Waals surface area contributed by atoms with Crippen LogP contribution in [0.2, 0.25) is 0 Å². The first-order valence-corrected chi connectivity index (χ1v) is 13.0. The van der Waals surface area contributed by atoms with E-state index in [1.165, 1.54) is 36.0 Å². The van der Waals surface area contributed by atoms with Crippen LogP contribution >= 0.6 is 17.0 Å². The van der Waals surface area contributed by atoms with Gasteiger partial charge in [-0.2, -0.15) is 0 Å². The van der Waals surface area contributed by atoms with Crippen molar-refractivity contribution in [2.75, 3.05) is 0 Å². The molecule has 0 bridgehead atoms. The maximum atomic E-state index is 9.87. The van der Waals surface area contributed by atoms with Crippen LogP contribution in [0.5, 0.6) is 0 Å². The Labute approximate surface area is 187 Å². The van der Waals surface area contributed by atoms with Gasteiger partial charge in [0, 0.05) is 5.92 Å². The summed E-state index contributed by atoms with van der Waals surface area (Å²) in [5.74, 6) is 0.469. The molecule has 2 unspecified atom stereocenters. The van der Waals surface area contributed by atoms with Gasteiger partial charge in [0.05, 0.1) is 0 Å². The first-order valence-electron chi connectivity index (χ1n) is 10.3. The van der Waals surface area contributed by atoms with E-state index in [0.29, 0.717) is 5.92 Å². The van der Waals surface area contributed by atoms with Gasteiger partial charge in [-0.05, 0) is 32.4 Å². The molecule has 0 saturated heterocycles. The Kier molecular flexibility index (Phi) is 7.85. The molecule has 0 aliphatic carbocycles. The van der Waals surface area contributed by atoms with E-state index in [2.05, 4.69) is 107 Å². The summed E-state index contributed by atoms with van der Waals surface area (Å²) < 4.78 is 59.2. The van der Waals surface area contributed by atoms with E-state index in [0.717, 1.165) is 0 Å². The third kappa shape index (κ3) is 8.92. The molecule has 0 aliphatic heterocycles. The summed E-state index contributed by atoms with van der Waals surface area (Å²) in [4.78, 5) is 0. The zero-order valence-electron chi connectivity index (χ0n) is 17.8. The van der Waals surface area contributed by atoms with Gasteiger partial charge in [0.15, 0.2) is 0 Å². The van der Waals surface area contributed by atoms with Crippen LogP contribution in [-0.2, 0) is 5.16 Å². The Morgan fingerprint density at radius 2 is 1.03 bits per heavy atom. The molecule has 0 heterocycles. The third-order valence-corrected chi connectivity index (χ3v) is 6.53. The fraction of sp³-hybridized carbons (Fsp3) is 0.250. The number of unbranched alkanes of at least 4 members (excludes halogenated alkanes) is 1. The standard InChI is InChI=1S/C24H27P.F6P/c1-2-3-19-23(20-13-7-4-8-14-20)24(25,21-15-9-5-10-16-21)22-17-11-6-12-18-22;1-7(2,3,4,5)6/h4-18,23H,2-3,19,25H2,1H3;/q;-1/p+1. The van der Waals surface area contributed by atoms with Crippen LogP contribution < -0.4 is 0 Å². The van der Waals surface area contributed by atoms with Crippen molar-refractivity contribution in [3.05, 3.63) is 108 Å². The molecule has 0 nitrogen and oxygen atoms in total. The Hall–Kier alpha value is -1.90. The summed E-state index contributed by atoms with van der Waals surface area (Å²) in [7, 11) is -8.50. The van der Waals surface area contributed by atoms with E-state index in [4.69, 9.17) is 0 Å². The van der Waals surface area contributed by atoms with Crippen LogP contribution in [-0.4, -0.2) is 0 Å². The average molecular weight is 492 g/mol. The number of rotatable bonds is 7. The Balaban J connectivity index is 0.000000451. The summed E-state index contributed by atoms with van der Waals surface area (Å²) in [5.41, 5.74) is 4.26. The van der Waals surface area contributed by atoms with Crippen molar-refractivity contribution in [2.24, 2.45) is 0 Å². The molecule has 3 aromatic rings. The average Bonchev–Trinajstić information content (AvgIpc) is 2.73. The van der Waals surface area contributed by atoms with Crippen molar-refractivity contribution in [1.29, 1.82) is 0 Å². The summed E-state index contributed by atoms with van der Waals surface area (Å²) >= 11 is 0. The molecule has 0 aromatic heterocycles. The second kappa shape index (κ2) is 9.53. The summed E-state index contributed by atoms with van der Waals surface area (Å²) in [6, 6.07) is 33.1. The molecule has 0 spiro atoms. The third-order valence-electron chi connectivity index (χ3n) is 5.22. The van der Waals surface area contributed by atoms with Crippen LogP contribution in [0.25, 0.3) is 0 Å². The fourth-order valence-electron chi connectivity index (χ4n) is 3.83. The maximum absolute atomic E-state index is 10.7. The SMILES string of the molecule is CCCCC(c1ccccc1)C([PH3+])(c1ccccc1)c1ccccc1.F[P-](F)(F)(F)(F)F. The zero-order chi connectivity index (χ0) is 23.9. The molecular weight excluding hydrogens is 464 g/mol. The Bertz CT molecular complexity index is 909. The van der Waals surface area contributed by atoms with Crippen molar-refractivity contribution in [2.45, 2.75) is 37.3 Å². The van der Waals surface area contributed by atoms with E-state index >= 15 is 0 Å². The van der Waals surface area contributed by atoms with Crippen molar-refractivity contribution in [3.63, 3.8) is 0 Å². The van der Waals surface area contributed by atoms with Gasteiger partial charge >= 0.3 is 33.0 Å². The number of hydrogen-bond donors (Lipinski definition) is 0. The van der Waals surface area contributed by atoms with E-state index in [9.17, 15) is 25.2 Å². The van der Waals surface area contributed by atoms with Crippen molar-refractivity contribution >= 4 is 17.0 Å². The molecule has 8 heteroatoms. The van der Waals surface area contributed by atoms with Crippen molar-refractivity contribution in [1.82, 2.24) is 0 Å². The molecule has 3 rings (SSSR count). The first-order chi connectivity index (χ1) is 14.7. The second-order valence-corrected chi connectivity index (χ2v) is 10.8. The molecule has 0 N–H and O–H groups in total. The summed E-state index contributed by atoms with van der Waals surface area (Å²) in [6.07, 6.45) is 3.68. The van der Waals surface area contributed by atoms with Gasteiger partial charge in [-0.25, -0.2) is 0 Å². The minimum absolute atomic E-state index is 0.0148. The van der Waals surface area contributed by atoms with Crippen LogP contribution in [0, 0.1) is 0 Å². The van der Waals surface area contributed by atoms with E-state index in [-0.39, 0.29) is 5.16 Å². The number of benzene rings is 3. The fourth-order valence-corrected chi connectivity index (χ4v) is 4.74. The van der Waals surface area contributed by atoms with Gasteiger partial charge < -0.3 is 0 Å². The Morgan fingerprint density at radius 3 is 1.38 bits per heavy atom. The quantitative estimate of drug-likeness (QED) is 0.227. The molecule has 2 atom stereocenters. The molecular formula is C24H28F6P2. The number of hydrogen-bond acceptors (Lipinski definition) is 0. The van der Waals surface area contributed by atoms with Gasteiger partial charge in [-0.15, -0.1) is 0 Å². The molecule has 0 amide bonds. The first kappa shape index (κ1) is 26.4. The molecule has 176 valence electrons. The van der Waals surface area contributed by atoms with Gasteiger partial charge in [-0.3, -0.25) is 0 Å². The van der Waals surface area contributed by atoms with Crippen LogP contribution in [0.15, 0.2) is 91.0 Å². The second-order valence-electron chi connectivity index (χ2n) is 7.77. The van der Waals surface area contributed by atoms with Crippen molar-refractivity contribution in [3.8, 4) is 0 Å². The van der Waals surface area contributed by atoms with Gasteiger partial charge in [-0.1, -0.05) is 111 Å². The minimum atomic E-state index is -10.7. The molecule has 0 aliphatic rings.